The van der Waals surface area contributed by atoms with E-state index in [2.05, 4.69) is 4.72 Å². The molecule has 0 unspecified atom stereocenters. The van der Waals surface area contributed by atoms with Gasteiger partial charge in [-0.1, -0.05) is 12.1 Å². The zero-order valence-electron chi connectivity index (χ0n) is 12.5. The minimum absolute atomic E-state index is 0.0116. The summed E-state index contributed by atoms with van der Waals surface area (Å²) in [5.41, 5.74) is -0.702. The quantitative estimate of drug-likeness (QED) is 0.837. The van der Waals surface area contributed by atoms with E-state index in [1.165, 1.54) is 36.4 Å². The van der Waals surface area contributed by atoms with Crippen LogP contribution >= 0.6 is 0 Å². The SMILES string of the molecule is O=C(O)c1ccc(NS(=O)(=O)/C=C/c2cccc(C(F)(F)F)c2)cc1. The van der Waals surface area contributed by atoms with Crippen LogP contribution in [0.2, 0.25) is 0 Å². The minimum atomic E-state index is -4.52. The van der Waals surface area contributed by atoms with Gasteiger partial charge in [0.2, 0.25) is 0 Å². The highest BCUT2D eigenvalue weighted by Crippen LogP contribution is 2.29. The van der Waals surface area contributed by atoms with Crippen LogP contribution in [0.1, 0.15) is 21.5 Å². The fraction of sp³-hybridized carbons (Fsp3) is 0.0625. The summed E-state index contributed by atoms with van der Waals surface area (Å²) in [5.74, 6) is -1.15. The number of carbonyl (C=O) groups is 1. The second kappa shape index (κ2) is 6.98. The van der Waals surface area contributed by atoms with E-state index in [0.717, 1.165) is 23.6 Å². The maximum Gasteiger partial charge on any atom is 0.416 e. The zero-order valence-corrected chi connectivity index (χ0v) is 13.3. The molecule has 0 bridgehead atoms. The Morgan fingerprint density at radius 2 is 1.72 bits per heavy atom. The van der Waals surface area contributed by atoms with Crippen molar-refractivity contribution in [2.24, 2.45) is 0 Å². The van der Waals surface area contributed by atoms with E-state index in [1.807, 2.05) is 0 Å². The number of alkyl halides is 3. The number of benzene rings is 2. The van der Waals surface area contributed by atoms with Crippen LogP contribution in [0.4, 0.5) is 18.9 Å². The first kappa shape index (κ1) is 18.5. The lowest BCUT2D eigenvalue weighted by atomic mass is 10.1. The Balaban J connectivity index is 2.15. The van der Waals surface area contributed by atoms with Crippen LogP contribution in [-0.2, 0) is 16.2 Å². The largest absolute Gasteiger partial charge is 0.478 e. The minimum Gasteiger partial charge on any atom is -0.478 e. The smallest absolute Gasteiger partial charge is 0.416 e. The van der Waals surface area contributed by atoms with E-state index in [9.17, 15) is 26.4 Å². The van der Waals surface area contributed by atoms with Gasteiger partial charge >= 0.3 is 12.1 Å². The highest BCUT2D eigenvalue weighted by Gasteiger charge is 2.30. The van der Waals surface area contributed by atoms with Crippen molar-refractivity contribution >= 4 is 27.8 Å². The molecule has 2 N–H and O–H groups in total. The number of hydrogen-bond acceptors (Lipinski definition) is 3. The Morgan fingerprint density at radius 1 is 1.08 bits per heavy atom. The van der Waals surface area contributed by atoms with Gasteiger partial charge in [-0.2, -0.15) is 13.2 Å². The first-order valence-electron chi connectivity index (χ1n) is 6.78. The molecule has 2 aromatic carbocycles. The summed E-state index contributed by atoms with van der Waals surface area (Å²) in [4.78, 5) is 10.7. The first-order chi connectivity index (χ1) is 11.6. The van der Waals surface area contributed by atoms with Crippen LogP contribution in [0.5, 0.6) is 0 Å². The van der Waals surface area contributed by atoms with Gasteiger partial charge in [0.1, 0.15) is 0 Å². The van der Waals surface area contributed by atoms with Crippen molar-refractivity contribution in [2.45, 2.75) is 6.18 Å². The molecule has 0 spiro atoms. The number of sulfonamides is 1. The molecule has 0 fully saturated rings. The molecular weight excluding hydrogens is 359 g/mol. The molecule has 0 aliphatic rings. The fourth-order valence-corrected chi connectivity index (χ4v) is 2.73. The maximum atomic E-state index is 12.6. The van der Waals surface area contributed by atoms with Gasteiger partial charge in [-0.3, -0.25) is 4.72 Å². The summed E-state index contributed by atoms with van der Waals surface area (Å²) < 4.78 is 63.9. The number of anilines is 1. The molecule has 0 aliphatic carbocycles. The van der Waals surface area contributed by atoms with Crippen molar-refractivity contribution in [3.63, 3.8) is 0 Å². The summed E-state index contributed by atoms with van der Waals surface area (Å²) >= 11 is 0. The number of nitrogens with one attached hydrogen (secondary N) is 1. The lowest BCUT2D eigenvalue weighted by Gasteiger charge is -2.07. The molecule has 0 atom stereocenters. The van der Waals surface area contributed by atoms with E-state index in [-0.39, 0.29) is 16.8 Å². The van der Waals surface area contributed by atoms with Crippen LogP contribution in [0.15, 0.2) is 53.9 Å². The third-order valence-electron chi connectivity index (χ3n) is 3.05. The van der Waals surface area contributed by atoms with Crippen molar-refractivity contribution in [3.05, 3.63) is 70.6 Å². The lowest BCUT2D eigenvalue weighted by molar-refractivity contribution is -0.137. The molecule has 0 saturated heterocycles. The van der Waals surface area contributed by atoms with Crippen LogP contribution in [-0.4, -0.2) is 19.5 Å². The van der Waals surface area contributed by atoms with Gasteiger partial charge in [0.05, 0.1) is 16.5 Å². The highest BCUT2D eigenvalue weighted by molar-refractivity contribution is 7.95. The van der Waals surface area contributed by atoms with Crippen LogP contribution in [0, 0.1) is 0 Å². The lowest BCUT2D eigenvalue weighted by Crippen LogP contribution is -2.09. The number of halogens is 3. The summed E-state index contributed by atoms with van der Waals surface area (Å²) in [6, 6.07) is 9.18. The predicted octanol–water partition coefficient (Wildman–Crippen LogP) is 3.82. The molecule has 2 rings (SSSR count). The van der Waals surface area contributed by atoms with Gasteiger partial charge in [-0.15, -0.1) is 0 Å². The Labute approximate surface area is 141 Å². The van der Waals surface area contributed by atoms with Crippen LogP contribution in [0.25, 0.3) is 6.08 Å². The number of rotatable bonds is 5. The van der Waals surface area contributed by atoms with Gasteiger partial charge in [0.15, 0.2) is 0 Å². The average Bonchev–Trinajstić information content (AvgIpc) is 2.53. The Morgan fingerprint density at radius 3 is 2.28 bits per heavy atom. The monoisotopic (exact) mass is 371 g/mol. The van der Waals surface area contributed by atoms with E-state index < -0.39 is 27.7 Å². The summed E-state index contributed by atoms with van der Waals surface area (Å²) in [6.45, 7) is 0. The fourth-order valence-electron chi connectivity index (χ4n) is 1.87. The van der Waals surface area contributed by atoms with Gasteiger partial charge in [0, 0.05) is 5.69 Å². The standard InChI is InChI=1S/C16H12F3NO4S/c17-16(18,19)13-3-1-2-11(10-13)8-9-25(23,24)20-14-6-4-12(5-7-14)15(21)22/h1-10,20H,(H,21,22)/b9-8+. The molecule has 0 aromatic heterocycles. The molecular formula is C16H12F3NO4S. The molecule has 5 nitrogen and oxygen atoms in total. The third kappa shape index (κ3) is 5.35. The van der Waals surface area contributed by atoms with Gasteiger partial charge in [0.25, 0.3) is 10.0 Å². The van der Waals surface area contributed by atoms with Crippen LogP contribution in [0.3, 0.4) is 0 Å². The van der Waals surface area contributed by atoms with Gasteiger partial charge < -0.3 is 5.11 Å². The summed E-state index contributed by atoms with van der Waals surface area (Å²) in [6.07, 6.45) is -3.49. The van der Waals surface area contributed by atoms with Crippen molar-refractivity contribution < 1.29 is 31.5 Å². The number of carboxylic acid groups (broad SMARTS) is 1. The molecule has 25 heavy (non-hydrogen) atoms. The molecule has 0 aliphatic heterocycles. The van der Waals surface area contributed by atoms with Crippen molar-refractivity contribution in [2.75, 3.05) is 4.72 Å². The second-order valence-corrected chi connectivity index (χ2v) is 6.52. The molecule has 0 heterocycles. The van der Waals surface area contributed by atoms with Gasteiger partial charge in [-0.05, 0) is 48.0 Å². The van der Waals surface area contributed by atoms with E-state index in [4.69, 9.17) is 5.11 Å². The van der Waals surface area contributed by atoms with E-state index in [1.54, 1.807) is 0 Å². The van der Waals surface area contributed by atoms with Gasteiger partial charge in [-0.25, -0.2) is 13.2 Å². The molecule has 0 saturated carbocycles. The van der Waals surface area contributed by atoms with Crippen molar-refractivity contribution in [1.29, 1.82) is 0 Å². The predicted molar refractivity (Wildman–Crippen MR) is 86.4 cm³/mol. The van der Waals surface area contributed by atoms with E-state index >= 15 is 0 Å². The zero-order chi connectivity index (χ0) is 18.7. The number of hydrogen-bond donors (Lipinski definition) is 2. The maximum absolute atomic E-state index is 12.6. The Bertz CT molecular complexity index is 904. The Kier molecular flexibility index (Phi) is 5.17. The molecule has 2 aromatic rings. The molecule has 9 heteroatoms. The second-order valence-electron chi connectivity index (χ2n) is 4.96. The topological polar surface area (TPSA) is 83.5 Å². The number of carboxylic acids is 1. The highest BCUT2D eigenvalue weighted by atomic mass is 32.2. The van der Waals surface area contributed by atoms with Crippen molar-refractivity contribution in [1.82, 2.24) is 0 Å². The normalized spacial score (nSPS) is 12.3. The first-order valence-corrected chi connectivity index (χ1v) is 8.33. The van der Waals surface area contributed by atoms with Crippen LogP contribution < -0.4 is 4.72 Å². The third-order valence-corrected chi connectivity index (χ3v) is 4.06. The molecule has 0 amide bonds. The summed E-state index contributed by atoms with van der Waals surface area (Å²) in [7, 11) is -3.97. The van der Waals surface area contributed by atoms with E-state index in [0.29, 0.717) is 0 Å². The Hall–Kier alpha value is -2.81. The van der Waals surface area contributed by atoms with Crippen molar-refractivity contribution in [3.8, 4) is 0 Å². The number of aromatic carboxylic acids is 1. The summed E-state index contributed by atoms with van der Waals surface area (Å²) in [5, 5.41) is 9.50. The average molecular weight is 371 g/mol. The molecule has 132 valence electrons. The molecule has 0 radical (unpaired) electrons.